The zero-order chi connectivity index (χ0) is 16.2. The van der Waals surface area contributed by atoms with Gasteiger partial charge in [0.1, 0.15) is 11.5 Å². The molecule has 7 heteroatoms. The van der Waals surface area contributed by atoms with Gasteiger partial charge in [0.05, 0.1) is 0 Å². The van der Waals surface area contributed by atoms with E-state index >= 15 is 0 Å². The van der Waals surface area contributed by atoms with Crippen LogP contribution in [0.4, 0.5) is 10.9 Å². The molecule has 4 rings (SSSR count). The van der Waals surface area contributed by atoms with Gasteiger partial charge < -0.3 is 10.2 Å². The summed E-state index contributed by atoms with van der Waals surface area (Å²) in [5.41, 5.74) is 0.869. The summed E-state index contributed by atoms with van der Waals surface area (Å²) < 4.78 is 0. The van der Waals surface area contributed by atoms with Crippen LogP contribution >= 0.6 is 11.3 Å². The van der Waals surface area contributed by atoms with E-state index < -0.39 is 0 Å². The number of anilines is 2. The molecule has 6 nitrogen and oxygen atoms in total. The van der Waals surface area contributed by atoms with Gasteiger partial charge in [0.25, 0.3) is 0 Å². The predicted octanol–water partition coefficient (Wildman–Crippen LogP) is 3.08. The van der Waals surface area contributed by atoms with Crippen molar-refractivity contribution in [2.75, 3.05) is 23.3 Å². The zero-order valence-electron chi connectivity index (χ0n) is 13.2. The van der Waals surface area contributed by atoms with Crippen molar-refractivity contribution in [3.05, 3.63) is 48.8 Å². The highest BCUT2D eigenvalue weighted by molar-refractivity contribution is 7.18. The topological polar surface area (TPSA) is 66.8 Å². The van der Waals surface area contributed by atoms with Crippen LogP contribution in [-0.4, -0.2) is 39.3 Å². The first kappa shape index (κ1) is 15.0. The Morgan fingerprint density at radius 1 is 0.958 bits per heavy atom. The Morgan fingerprint density at radius 3 is 2.46 bits per heavy atom. The van der Waals surface area contributed by atoms with Gasteiger partial charge in [-0.2, -0.15) is 0 Å². The Bertz CT molecular complexity index is 768. The Kier molecular flexibility index (Phi) is 4.33. The molecule has 0 atom stereocenters. The molecule has 1 aliphatic rings. The monoisotopic (exact) mass is 338 g/mol. The Hall–Kier alpha value is -2.54. The molecule has 1 N–H and O–H groups in total. The van der Waals surface area contributed by atoms with Crippen LogP contribution in [0, 0.1) is 0 Å². The van der Waals surface area contributed by atoms with Crippen molar-refractivity contribution in [2.45, 2.75) is 18.9 Å². The molecule has 3 aromatic heterocycles. The molecule has 0 aromatic carbocycles. The van der Waals surface area contributed by atoms with Crippen LogP contribution in [0.1, 0.15) is 12.8 Å². The third-order valence-electron chi connectivity index (χ3n) is 4.10. The number of pyridine rings is 2. The van der Waals surface area contributed by atoms with Gasteiger partial charge in [-0.05, 0) is 37.1 Å². The van der Waals surface area contributed by atoms with E-state index in [-0.39, 0.29) is 0 Å². The summed E-state index contributed by atoms with van der Waals surface area (Å²) >= 11 is 1.56. The standard InChI is InChI=1S/C17H18N6S/c1-3-9-18-14(5-1)16-21-22-17(24-16)20-13-7-11-23(12-8-13)15-6-2-4-10-19-15/h1-6,9-10,13H,7-8,11-12H2,(H,20,22). The molecule has 1 aliphatic heterocycles. The van der Waals surface area contributed by atoms with Gasteiger partial charge in [-0.3, -0.25) is 4.98 Å². The smallest absolute Gasteiger partial charge is 0.206 e. The van der Waals surface area contributed by atoms with Gasteiger partial charge in [-0.1, -0.05) is 23.5 Å². The average molecular weight is 338 g/mol. The van der Waals surface area contributed by atoms with E-state index in [1.165, 1.54) is 0 Å². The molecular weight excluding hydrogens is 320 g/mol. The molecule has 0 aliphatic carbocycles. The maximum atomic E-state index is 4.43. The maximum absolute atomic E-state index is 4.43. The number of rotatable bonds is 4. The van der Waals surface area contributed by atoms with E-state index in [4.69, 9.17) is 0 Å². The summed E-state index contributed by atoms with van der Waals surface area (Å²) in [4.78, 5) is 11.1. The van der Waals surface area contributed by atoms with E-state index in [0.29, 0.717) is 6.04 Å². The van der Waals surface area contributed by atoms with Gasteiger partial charge in [0.2, 0.25) is 5.13 Å². The summed E-state index contributed by atoms with van der Waals surface area (Å²) in [6.45, 7) is 2.00. The van der Waals surface area contributed by atoms with Crippen LogP contribution in [0.15, 0.2) is 48.8 Å². The summed E-state index contributed by atoms with van der Waals surface area (Å²) in [5, 5.41) is 13.7. The highest BCUT2D eigenvalue weighted by Gasteiger charge is 2.21. The molecule has 0 radical (unpaired) electrons. The van der Waals surface area contributed by atoms with Crippen molar-refractivity contribution in [2.24, 2.45) is 0 Å². The number of hydrogen-bond donors (Lipinski definition) is 1. The largest absolute Gasteiger partial charge is 0.357 e. The minimum atomic E-state index is 0.425. The number of nitrogens with zero attached hydrogens (tertiary/aromatic N) is 5. The molecule has 0 spiro atoms. The van der Waals surface area contributed by atoms with Crippen molar-refractivity contribution >= 4 is 22.3 Å². The fourth-order valence-corrected chi connectivity index (χ4v) is 3.64. The van der Waals surface area contributed by atoms with Crippen LogP contribution in [0.25, 0.3) is 10.7 Å². The highest BCUT2D eigenvalue weighted by atomic mass is 32.1. The normalized spacial score (nSPS) is 15.4. The number of aromatic nitrogens is 4. The molecule has 0 saturated carbocycles. The molecule has 1 saturated heterocycles. The van der Waals surface area contributed by atoms with Crippen LogP contribution in [0.2, 0.25) is 0 Å². The summed E-state index contributed by atoms with van der Waals surface area (Å²) in [5.74, 6) is 1.06. The van der Waals surface area contributed by atoms with Crippen molar-refractivity contribution in [3.63, 3.8) is 0 Å². The van der Waals surface area contributed by atoms with Crippen molar-refractivity contribution in [1.29, 1.82) is 0 Å². The lowest BCUT2D eigenvalue weighted by molar-refractivity contribution is 0.523. The van der Waals surface area contributed by atoms with Crippen molar-refractivity contribution in [3.8, 4) is 10.7 Å². The van der Waals surface area contributed by atoms with E-state index in [2.05, 4.69) is 36.4 Å². The Balaban J connectivity index is 1.35. The summed E-state index contributed by atoms with van der Waals surface area (Å²) in [6, 6.07) is 12.3. The van der Waals surface area contributed by atoms with Crippen LogP contribution in [-0.2, 0) is 0 Å². The molecule has 122 valence electrons. The van der Waals surface area contributed by atoms with Crippen molar-refractivity contribution in [1.82, 2.24) is 20.2 Å². The first-order valence-electron chi connectivity index (χ1n) is 8.06. The van der Waals surface area contributed by atoms with E-state index in [0.717, 1.165) is 47.6 Å². The fourth-order valence-electron chi connectivity index (χ4n) is 2.84. The lowest BCUT2D eigenvalue weighted by Gasteiger charge is -2.32. The summed E-state index contributed by atoms with van der Waals surface area (Å²) in [6.07, 6.45) is 5.75. The number of nitrogens with one attached hydrogen (secondary N) is 1. The molecule has 1 fully saturated rings. The van der Waals surface area contributed by atoms with Gasteiger partial charge in [0.15, 0.2) is 5.01 Å². The van der Waals surface area contributed by atoms with Gasteiger partial charge >= 0.3 is 0 Å². The second-order valence-corrected chi connectivity index (χ2v) is 6.70. The second-order valence-electron chi connectivity index (χ2n) is 5.72. The Labute approximate surface area is 144 Å². The molecular formula is C17H18N6S. The fraction of sp³-hybridized carbons (Fsp3) is 0.294. The molecule has 0 amide bonds. The van der Waals surface area contributed by atoms with Gasteiger partial charge in [-0.15, -0.1) is 10.2 Å². The van der Waals surface area contributed by atoms with Gasteiger partial charge in [-0.25, -0.2) is 4.98 Å². The van der Waals surface area contributed by atoms with Crippen LogP contribution < -0.4 is 10.2 Å². The lowest BCUT2D eigenvalue weighted by atomic mass is 10.1. The minimum Gasteiger partial charge on any atom is -0.357 e. The minimum absolute atomic E-state index is 0.425. The van der Waals surface area contributed by atoms with Gasteiger partial charge in [0, 0.05) is 31.5 Å². The molecule has 0 bridgehead atoms. The summed E-state index contributed by atoms with van der Waals surface area (Å²) in [7, 11) is 0. The van der Waals surface area contributed by atoms with Crippen LogP contribution in [0.3, 0.4) is 0 Å². The zero-order valence-corrected chi connectivity index (χ0v) is 14.0. The van der Waals surface area contributed by atoms with E-state index in [1.807, 2.05) is 36.5 Å². The van der Waals surface area contributed by atoms with Crippen LogP contribution in [0.5, 0.6) is 0 Å². The second kappa shape index (κ2) is 6.92. The highest BCUT2D eigenvalue weighted by Crippen LogP contribution is 2.26. The molecule has 0 unspecified atom stereocenters. The predicted molar refractivity (Wildman–Crippen MR) is 96.2 cm³/mol. The number of piperidine rings is 1. The SMILES string of the molecule is c1ccc(-c2nnc(NC3CCN(c4ccccn4)CC3)s2)nc1. The average Bonchev–Trinajstić information content (AvgIpc) is 3.12. The van der Waals surface area contributed by atoms with Crippen molar-refractivity contribution < 1.29 is 0 Å². The first-order valence-corrected chi connectivity index (χ1v) is 8.87. The maximum Gasteiger partial charge on any atom is 0.206 e. The van der Waals surface area contributed by atoms with E-state index in [9.17, 15) is 0 Å². The first-order chi connectivity index (χ1) is 11.9. The number of hydrogen-bond acceptors (Lipinski definition) is 7. The molecule has 3 aromatic rings. The quantitative estimate of drug-likeness (QED) is 0.788. The molecule has 24 heavy (non-hydrogen) atoms. The third-order valence-corrected chi connectivity index (χ3v) is 4.98. The lowest BCUT2D eigenvalue weighted by Crippen LogP contribution is -2.39. The Morgan fingerprint density at radius 2 is 1.75 bits per heavy atom. The molecule has 4 heterocycles. The van der Waals surface area contributed by atoms with E-state index in [1.54, 1.807) is 17.5 Å². The third kappa shape index (κ3) is 3.35.